The molecule has 0 aromatic heterocycles. The van der Waals surface area contributed by atoms with Crippen molar-refractivity contribution in [3.63, 3.8) is 0 Å². The first-order chi connectivity index (χ1) is 20.5. The maximum Gasteiger partial charge on any atom is 0.328 e. The minimum absolute atomic E-state index is 0.0101. The van der Waals surface area contributed by atoms with Crippen LogP contribution in [0.2, 0.25) is 0 Å². The Morgan fingerprint density at radius 1 is 0.932 bits per heavy atom. The molecule has 0 amide bonds. The normalized spacial score (nSPS) is 13.2. The highest BCUT2D eigenvalue weighted by molar-refractivity contribution is 7.91. The standard InChI is InChI=1S/C22H28N2O5S.C9H6F2O3/c1-13(2)12-17(24)21(25)20-18(29-22(26)15(4)23)6-5-7-19(20)30(27,28)16-10-8-14(3)9-11-16;10-6-2-1-3-7(11)8(6)5(4-12)9(13)14/h5-11,13,15,17H,12,23-24H2,1-4H3;1-5H,(H,13,14)/t15-,17-;/m0./s1. The van der Waals surface area contributed by atoms with Crippen molar-refractivity contribution < 1.29 is 46.2 Å². The summed E-state index contributed by atoms with van der Waals surface area (Å²) in [7, 11) is -4.07. The monoisotopic (exact) mass is 632 g/mol. The number of rotatable bonds is 11. The van der Waals surface area contributed by atoms with Gasteiger partial charge < -0.3 is 26.1 Å². The van der Waals surface area contributed by atoms with Gasteiger partial charge in [-0.3, -0.25) is 9.59 Å². The van der Waals surface area contributed by atoms with Crippen LogP contribution in [0.3, 0.4) is 0 Å². The molecule has 0 spiro atoms. The van der Waals surface area contributed by atoms with E-state index in [9.17, 15) is 36.4 Å². The van der Waals surface area contributed by atoms with Gasteiger partial charge in [-0.15, -0.1) is 0 Å². The van der Waals surface area contributed by atoms with Crippen molar-refractivity contribution in [3.05, 3.63) is 89.0 Å². The van der Waals surface area contributed by atoms with Crippen molar-refractivity contribution in [1.82, 2.24) is 0 Å². The fraction of sp³-hybridized carbons (Fsp3) is 0.290. The van der Waals surface area contributed by atoms with Crippen molar-refractivity contribution in [1.29, 1.82) is 0 Å². The van der Waals surface area contributed by atoms with Crippen molar-refractivity contribution in [2.45, 2.75) is 61.9 Å². The van der Waals surface area contributed by atoms with Crippen molar-refractivity contribution in [2.24, 2.45) is 17.4 Å². The summed E-state index contributed by atoms with van der Waals surface area (Å²) in [6, 6.07) is 11.3. The molecule has 3 atom stereocenters. The molecule has 3 aromatic carbocycles. The van der Waals surface area contributed by atoms with Crippen molar-refractivity contribution >= 4 is 33.8 Å². The maximum atomic E-state index is 13.3. The SMILES string of the molecule is Cc1ccc(S(=O)(=O)c2cccc(OC(=O)[C@H](C)N)c2C(=O)[C@@H](N)CC(C)C)cc1.O=CC(C(=O)O)c1c(F)cccc1F. The summed E-state index contributed by atoms with van der Waals surface area (Å²) in [5, 5.41) is 8.51. The summed E-state index contributed by atoms with van der Waals surface area (Å²) >= 11 is 0. The highest BCUT2D eigenvalue weighted by Crippen LogP contribution is 2.32. The lowest BCUT2D eigenvalue weighted by Gasteiger charge is -2.19. The van der Waals surface area contributed by atoms with Crippen LogP contribution in [0.4, 0.5) is 8.78 Å². The van der Waals surface area contributed by atoms with Gasteiger partial charge >= 0.3 is 11.9 Å². The van der Waals surface area contributed by atoms with E-state index in [1.807, 2.05) is 20.8 Å². The minimum atomic E-state index is -4.07. The van der Waals surface area contributed by atoms with Gasteiger partial charge in [0.25, 0.3) is 0 Å². The van der Waals surface area contributed by atoms with Crippen LogP contribution in [0.25, 0.3) is 0 Å². The third-order valence-corrected chi connectivity index (χ3v) is 8.02. The van der Waals surface area contributed by atoms with Gasteiger partial charge in [0.15, 0.2) is 5.78 Å². The minimum Gasteiger partial charge on any atom is -0.480 e. The van der Waals surface area contributed by atoms with Gasteiger partial charge in [0.05, 0.1) is 21.4 Å². The average molecular weight is 633 g/mol. The second kappa shape index (κ2) is 15.4. The van der Waals surface area contributed by atoms with E-state index in [0.717, 1.165) is 23.8 Å². The third kappa shape index (κ3) is 8.85. The Kier molecular flexibility index (Phi) is 12.6. The predicted octanol–water partition coefficient (Wildman–Crippen LogP) is 3.97. The molecule has 44 heavy (non-hydrogen) atoms. The zero-order valence-electron chi connectivity index (χ0n) is 24.5. The fourth-order valence-electron chi connectivity index (χ4n) is 3.97. The Bertz CT molecular complexity index is 1600. The summed E-state index contributed by atoms with van der Waals surface area (Å²) in [6.45, 7) is 7.07. The Balaban J connectivity index is 0.000000402. The highest BCUT2D eigenvalue weighted by atomic mass is 32.2. The molecule has 0 aliphatic rings. The van der Waals surface area contributed by atoms with Crippen LogP contribution in [0.1, 0.15) is 54.6 Å². The van der Waals surface area contributed by atoms with Gasteiger partial charge in [-0.1, -0.05) is 43.7 Å². The molecule has 236 valence electrons. The molecular weight excluding hydrogens is 598 g/mol. The number of carboxylic acid groups (broad SMARTS) is 1. The van der Waals surface area contributed by atoms with Crippen LogP contribution < -0.4 is 16.2 Å². The number of nitrogens with two attached hydrogens (primary N) is 2. The number of ether oxygens (including phenoxy) is 1. The van der Waals surface area contributed by atoms with E-state index >= 15 is 0 Å². The molecule has 0 radical (unpaired) electrons. The Labute approximate surface area is 253 Å². The van der Waals surface area contributed by atoms with E-state index in [4.69, 9.17) is 21.3 Å². The first-order valence-electron chi connectivity index (χ1n) is 13.4. The smallest absolute Gasteiger partial charge is 0.328 e. The zero-order valence-corrected chi connectivity index (χ0v) is 25.3. The molecule has 5 N–H and O–H groups in total. The number of aryl methyl sites for hydroxylation is 1. The molecule has 0 bridgehead atoms. The van der Waals surface area contributed by atoms with Gasteiger partial charge in [-0.25, -0.2) is 22.0 Å². The zero-order chi connectivity index (χ0) is 33.4. The molecule has 1 unspecified atom stereocenters. The number of aldehydes is 1. The van der Waals surface area contributed by atoms with E-state index in [1.54, 1.807) is 12.1 Å². The first-order valence-corrected chi connectivity index (χ1v) is 14.8. The number of hydrogen-bond acceptors (Lipinski definition) is 9. The van der Waals surface area contributed by atoms with Crippen LogP contribution in [-0.2, 0) is 24.2 Å². The Hall–Kier alpha value is -4.33. The fourth-order valence-corrected chi connectivity index (χ4v) is 5.44. The number of halogens is 2. The van der Waals surface area contributed by atoms with Crippen LogP contribution in [0.15, 0.2) is 70.5 Å². The Morgan fingerprint density at radius 2 is 1.48 bits per heavy atom. The summed E-state index contributed by atoms with van der Waals surface area (Å²) in [5.41, 5.74) is 11.6. The van der Waals surface area contributed by atoms with Gasteiger partial charge in [0.1, 0.15) is 35.6 Å². The average Bonchev–Trinajstić information content (AvgIpc) is 2.94. The number of Topliss-reactive ketones (excluding diaryl/α,β-unsaturated/α-hetero) is 1. The second-order valence-corrected chi connectivity index (χ2v) is 12.3. The predicted molar refractivity (Wildman–Crippen MR) is 157 cm³/mol. The number of hydrogen-bond donors (Lipinski definition) is 3. The number of benzene rings is 3. The number of esters is 1. The number of sulfone groups is 1. The molecule has 0 aliphatic carbocycles. The summed E-state index contributed by atoms with van der Waals surface area (Å²) in [6.07, 6.45) is 0.336. The molecule has 3 rings (SSSR count). The molecule has 0 heterocycles. The van der Waals surface area contributed by atoms with E-state index < -0.39 is 62.8 Å². The number of carbonyl (C=O) groups is 4. The summed E-state index contributed by atoms with van der Waals surface area (Å²) in [5.74, 6) is -6.90. The van der Waals surface area contributed by atoms with Crippen LogP contribution in [0, 0.1) is 24.5 Å². The van der Waals surface area contributed by atoms with Crippen molar-refractivity contribution in [3.8, 4) is 5.75 Å². The van der Waals surface area contributed by atoms with Gasteiger partial charge in [-0.2, -0.15) is 0 Å². The Morgan fingerprint density at radius 3 is 1.95 bits per heavy atom. The molecule has 10 nitrogen and oxygen atoms in total. The highest BCUT2D eigenvalue weighted by Gasteiger charge is 2.31. The molecule has 0 fully saturated rings. The summed E-state index contributed by atoms with van der Waals surface area (Å²) < 4.78 is 57.9. The molecule has 3 aromatic rings. The number of aliphatic carboxylic acids is 1. The van der Waals surface area contributed by atoms with Crippen LogP contribution in [-0.4, -0.2) is 49.6 Å². The van der Waals surface area contributed by atoms with E-state index in [1.165, 1.54) is 37.3 Å². The van der Waals surface area contributed by atoms with Crippen molar-refractivity contribution in [2.75, 3.05) is 0 Å². The molecule has 0 aliphatic heterocycles. The van der Waals surface area contributed by atoms with Crippen LogP contribution >= 0.6 is 0 Å². The second-order valence-electron chi connectivity index (χ2n) is 10.3. The number of carboxylic acids is 1. The van der Waals surface area contributed by atoms with Gasteiger partial charge in [-0.05, 0) is 62.6 Å². The maximum absolute atomic E-state index is 13.3. The molecule has 0 saturated heterocycles. The number of ketones is 1. The third-order valence-electron chi connectivity index (χ3n) is 6.21. The largest absolute Gasteiger partial charge is 0.480 e. The summed E-state index contributed by atoms with van der Waals surface area (Å²) in [4.78, 5) is 45.8. The quantitative estimate of drug-likeness (QED) is 0.0919. The lowest BCUT2D eigenvalue weighted by molar-refractivity contribution is -0.140. The van der Waals surface area contributed by atoms with E-state index in [-0.39, 0.29) is 33.3 Å². The van der Waals surface area contributed by atoms with E-state index in [0.29, 0.717) is 6.42 Å². The molecule has 13 heteroatoms. The molecular formula is C31H34F2N2O8S. The lowest BCUT2D eigenvalue weighted by atomic mass is 9.96. The van der Waals surface area contributed by atoms with Crippen LogP contribution in [0.5, 0.6) is 5.75 Å². The first kappa shape index (κ1) is 35.9. The lowest BCUT2D eigenvalue weighted by Crippen LogP contribution is -2.35. The van der Waals surface area contributed by atoms with Gasteiger partial charge in [0.2, 0.25) is 9.84 Å². The van der Waals surface area contributed by atoms with Gasteiger partial charge in [0, 0.05) is 5.56 Å². The molecule has 0 saturated carbocycles. The van der Waals surface area contributed by atoms with E-state index in [2.05, 4.69) is 0 Å². The number of carbonyl (C=O) groups excluding carboxylic acids is 3. The topological polar surface area (TPSA) is 184 Å².